The fraction of sp³-hybridized carbons (Fsp3) is 0.364. The molecule has 0 spiro atoms. The summed E-state index contributed by atoms with van der Waals surface area (Å²) in [6.07, 6.45) is -2.79. The van der Waals surface area contributed by atoms with Crippen molar-refractivity contribution in [2.45, 2.75) is 26.1 Å². The predicted octanol–water partition coefficient (Wildman–Crippen LogP) is 4.10. The highest BCUT2D eigenvalue weighted by atomic mass is 19.4. The molecule has 1 aliphatic rings. The van der Waals surface area contributed by atoms with Gasteiger partial charge in [-0.2, -0.15) is 13.2 Å². The number of fused-ring (bicyclic) bond motifs is 1. The molecule has 1 saturated heterocycles. The Morgan fingerprint density at radius 2 is 1.87 bits per heavy atom. The number of para-hydroxylation sites is 1. The van der Waals surface area contributed by atoms with Gasteiger partial charge in [-0.3, -0.25) is 4.79 Å². The van der Waals surface area contributed by atoms with E-state index in [1.807, 2.05) is 45.6 Å². The molecule has 0 radical (unpaired) electrons. The molecule has 3 heterocycles. The molecular formula is C22H23F3N4O. The van der Waals surface area contributed by atoms with Crippen LogP contribution in [0.3, 0.4) is 0 Å². The molecule has 0 N–H and O–H groups in total. The van der Waals surface area contributed by atoms with Crippen molar-refractivity contribution in [3.05, 3.63) is 59.9 Å². The number of anilines is 1. The van der Waals surface area contributed by atoms with Crippen molar-refractivity contribution >= 4 is 22.6 Å². The minimum atomic E-state index is -4.39. The summed E-state index contributed by atoms with van der Waals surface area (Å²) < 4.78 is 40.3. The lowest BCUT2D eigenvalue weighted by Gasteiger charge is -2.23. The minimum absolute atomic E-state index is 0.0432. The van der Waals surface area contributed by atoms with E-state index in [0.29, 0.717) is 32.0 Å². The van der Waals surface area contributed by atoms with Gasteiger partial charge in [0.25, 0.3) is 0 Å². The highest BCUT2D eigenvalue weighted by Crippen LogP contribution is 2.29. The summed E-state index contributed by atoms with van der Waals surface area (Å²) in [5, 5.41) is 1.11. The smallest absolute Gasteiger partial charge is 0.355 e. The average molecular weight is 416 g/mol. The molecule has 1 amide bonds. The third-order valence-corrected chi connectivity index (χ3v) is 5.56. The van der Waals surface area contributed by atoms with Crippen LogP contribution in [0.25, 0.3) is 10.9 Å². The molecule has 1 aromatic carbocycles. The maximum Gasteiger partial charge on any atom is 0.417 e. The lowest BCUT2D eigenvalue weighted by molar-refractivity contribution is -0.137. The van der Waals surface area contributed by atoms with Crippen LogP contribution in [-0.2, 0) is 17.5 Å². The Bertz CT molecular complexity index is 1040. The molecule has 158 valence electrons. The van der Waals surface area contributed by atoms with E-state index in [4.69, 9.17) is 0 Å². The van der Waals surface area contributed by atoms with Gasteiger partial charge in [0.15, 0.2) is 0 Å². The van der Waals surface area contributed by atoms with E-state index in [1.54, 1.807) is 0 Å². The van der Waals surface area contributed by atoms with Crippen LogP contribution in [0.15, 0.2) is 48.7 Å². The van der Waals surface area contributed by atoms with Gasteiger partial charge in [0.1, 0.15) is 12.4 Å². The molecule has 3 aromatic rings. The molecule has 5 nitrogen and oxygen atoms in total. The Labute approximate surface area is 172 Å². The number of carbonyl (C=O) groups excluding carboxylic acids is 1. The van der Waals surface area contributed by atoms with Crippen LogP contribution in [0.1, 0.15) is 17.7 Å². The fourth-order valence-corrected chi connectivity index (χ4v) is 3.93. The second kappa shape index (κ2) is 8.01. The van der Waals surface area contributed by atoms with Gasteiger partial charge < -0.3 is 14.4 Å². The van der Waals surface area contributed by atoms with Gasteiger partial charge in [0.2, 0.25) is 5.91 Å². The first kappa shape index (κ1) is 20.3. The van der Waals surface area contributed by atoms with E-state index in [1.165, 1.54) is 6.07 Å². The summed E-state index contributed by atoms with van der Waals surface area (Å²) in [5.74, 6) is 0.547. The number of halogens is 3. The first-order valence-corrected chi connectivity index (χ1v) is 9.94. The van der Waals surface area contributed by atoms with Crippen molar-refractivity contribution < 1.29 is 18.0 Å². The quantitative estimate of drug-likeness (QED) is 0.646. The van der Waals surface area contributed by atoms with Gasteiger partial charge in [-0.05, 0) is 43.0 Å². The fourth-order valence-electron chi connectivity index (χ4n) is 3.93. The van der Waals surface area contributed by atoms with Gasteiger partial charge in [-0.15, -0.1) is 0 Å². The van der Waals surface area contributed by atoms with Gasteiger partial charge >= 0.3 is 6.18 Å². The number of benzene rings is 1. The number of aryl methyl sites for hydroxylation is 1. The molecule has 0 atom stereocenters. The summed E-state index contributed by atoms with van der Waals surface area (Å²) in [7, 11) is 0. The van der Waals surface area contributed by atoms with E-state index < -0.39 is 11.7 Å². The first-order valence-electron chi connectivity index (χ1n) is 9.94. The maximum atomic E-state index is 13.0. The van der Waals surface area contributed by atoms with Crippen molar-refractivity contribution in [3.63, 3.8) is 0 Å². The summed E-state index contributed by atoms with van der Waals surface area (Å²) in [6, 6.07) is 12.5. The number of hydrogen-bond donors (Lipinski definition) is 0. The average Bonchev–Trinajstić information content (AvgIpc) is 2.89. The predicted molar refractivity (Wildman–Crippen MR) is 109 cm³/mol. The second-order valence-electron chi connectivity index (χ2n) is 7.55. The molecule has 1 fully saturated rings. The number of nitrogens with zero attached hydrogens (tertiary/aromatic N) is 4. The molecule has 0 unspecified atom stereocenters. The summed E-state index contributed by atoms with van der Waals surface area (Å²) >= 11 is 0. The van der Waals surface area contributed by atoms with E-state index in [0.717, 1.165) is 35.3 Å². The molecule has 30 heavy (non-hydrogen) atoms. The SMILES string of the molecule is Cc1cc2ccccc2n1CC(=O)N1CCCN(c2ccc(C(F)(F)F)cn2)CC1. The monoisotopic (exact) mass is 416 g/mol. The highest BCUT2D eigenvalue weighted by Gasteiger charge is 2.31. The van der Waals surface area contributed by atoms with E-state index in [9.17, 15) is 18.0 Å². The number of pyridine rings is 1. The van der Waals surface area contributed by atoms with Crippen molar-refractivity contribution in [1.29, 1.82) is 0 Å². The van der Waals surface area contributed by atoms with Crippen molar-refractivity contribution in [2.24, 2.45) is 0 Å². The van der Waals surface area contributed by atoms with Crippen LogP contribution in [0.4, 0.5) is 19.0 Å². The van der Waals surface area contributed by atoms with E-state index in [-0.39, 0.29) is 12.5 Å². The van der Waals surface area contributed by atoms with Crippen LogP contribution in [0.5, 0.6) is 0 Å². The molecule has 4 rings (SSSR count). The Balaban J connectivity index is 1.42. The molecule has 1 aliphatic heterocycles. The van der Waals surface area contributed by atoms with Crippen LogP contribution >= 0.6 is 0 Å². The molecule has 8 heteroatoms. The lowest BCUT2D eigenvalue weighted by Crippen LogP contribution is -2.37. The largest absolute Gasteiger partial charge is 0.417 e. The number of amides is 1. The van der Waals surface area contributed by atoms with Crippen LogP contribution < -0.4 is 4.90 Å². The number of carbonyl (C=O) groups is 1. The number of rotatable bonds is 3. The Kier molecular flexibility index (Phi) is 5.40. The maximum absolute atomic E-state index is 13.0. The molecule has 2 aromatic heterocycles. The Morgan fingerprint density at radius 1 is 1.07 bits per heavy atom. The van der Waals surface area contributed by atoms with Gasteiger partial charge in [-0.25, -0.2) is 4.98 Å². The molecule has 0 saturated carbocycles. The molecule has 0 bridgehead atoms. The van der Waals surface area contributed by atoms with Crippen molar-refractivity contribution in [3.8, 4) is 0 Å². The highest BCUT2D eigenvalue weighted by molar-refractivity contribution is 5.84. The summed E-state index contributed by atoms with van der Waals surface area (Å²) in [5.41, 5.74) is 1.32. The number of alkyl halides is 3. The topological polar surface area (TPSA) is 41.4 Å². The lowest BCUT2D eigenvalue weighted by atomic mass is 10.2. The van der Waals surface area contributed by atoms with Crippen LogP contribution in [0.2, 0.25) is 0 Å². The first-order chi connectivity index (χ1) is 14.3. The van der Waals surface area contributed by atoms with Gasteiger partial charge in [0, 0.05) is 43.6 Å². The number of aromatic nitrogens is 2. The van der Waals surface area contributed by atoms with Crippen molar-refractivity contribution in [2.75, 3.05) is 31.1 Å². The zero-order chi connectivity index (χ0) is 21.3. The zero-order valence-corrected chi connectivity index (χ0v) is 16.7. The van der Waals surface area contributed by atoms with Gasteiger partial charge in [0.05, 0.1) is 5.56 Å². The third-order valence-electron chi connectivity index (χ3n) is 5.56. The van der Waals surface area contributed by atoms with E-state index in [2.05, 4.69) is 11.1 Å². The van der Waals surface area contributed by atoms with Crippen LogP contribution in [-0.4, -0.2) is 46.5 Å². The summed E-state index contributed by atoms with van der Waals surface area (Å²) in [6.45, 7) is 4.59. The molecule has 0 aliphatic carbocycles. The van der Waals surface area contributed by atoms with Gasteiger partial charge in [-0.1, -0.05) is 18.2 Å². The minimum Gasteiger partial charge on any atom is -0.355 e. The van der Waals surface area contributed by atoms with E-state index >= 15 is 0 Å². The Hall–Kier alpha value is -3.03. The molecular weight excluding hydrogens is 393 g/mol. The van der Waals surface area contributed by atoms with Crippen molar-refractivity contribution in [1.82, 2.24) is 14.5 Å². The second-order valence-corrected chi connectivity index (χ2v) is 7.55. The Morgan fingerprint density at radius 3 is 2.60 bits per heavy atom. The van der Waals surface area contributed by atoms with Crippen LogP contribution in [0, 0.1) is 6.92 Å². The summed E-state index contributed by atoms with van der Waals surface area (Å²) in [4.78, 5) is 20.7. The standard InChI is InChI=1S/C22H23F3N4O/c1-16-13-17-5-2-3-6-19(17)29(16)15-21(30)28-10-4-9-27(11-12-28)20-8-7-18(14-26-20)22(23,24)25/h2-3,5-8,13-14H,4,9-12,15H2,1H3. The zero-order valence-electron chi connectivity index (χ0n) is 16.7. The third kappa shape index (κ3) is 4.13. The normalized spacial score (nSPS) is 15.5. The number of hydrogen-bond acceptors (Lipinski definition) is 3.